The van der Waals surface area contributed by atoms with Gasteiger partial charge in [0.05, 0.1) is 0 Å². The highest BCUT2D eigenvalue weighted by Crippen LogP contribution is 2.09. The van der Waals surface area contributed by atoms with Gasteiger partial charge in [-0.2, -0.15) is 0 Å². The van der Waals surface area contributed by atoms with Crippen molar-refractivity contribution < 1.29 is 0 Å². The lowest BCUT2D eigenvalue weighted by Gasteiger charge is -1.98. The fourth-order valence-corrected chi connectivity index (χ4v) is 1.21. The molecule has 0 saturated carbocycles. The number of aliphatic imine (C=N–C) groups is 1. The first-order valence-corrected chi connectivity index (χ1v) is 3.73. The minimum atomic E-state index is 0.996. The van der Waals surface area contributed by atoms with Crippen molar-refractivity contribution in [2.24, 2.45) is 4.99 Å². The molecule has 1 aromatic carbocycles. The summed E-state index contributed by atoms with van der Waals surface area (Å²) in [5.41, 5.74) is 2.59. The minimum Gasteiger partial charge on any atom is -0.264 e. The van der Waals surface area contributed by atoms with E-state index in [0.717, 1.165) is 6.42 Å². The monoisotopic (exact) mass is 143 g/mol. The van der Waals surface area contributed by atoms with Crippen molar-refractivity contribution in [2.75, 3.05) is 0 Å². The van der Waals surface area contributed by atoms with Gasteiger partial charge < -0.3 is 0 Å². The third-order valence-corrected chi connectivity index (χ3v) is 1.80. The summed E-state index contributed by atoms with van der Waals surface area (Å²) in [6.45, 7) is 0. The number of benzene rings is 1. The Morgan fingerprint density at radius 1 is 1.18 bits per heavy atom. The molecule has 0 unspecified atom stereocenters. The molecule has 54 valence electrons. The van der Waals surface area contributed by atoms with Crippen LogP contribution in [0, 0.1) is 0 Å². The van der Waals surface area contributed by atoms with E-state index in [2.05, 4.69) is 29.3 Å². The highest BCUT2D eigenvalue weighted by molar-refractivity contribution is 5.82. The molecule has 1 aromatic rings. The lowest BCUT2D eigenvalue weighted by molar-refractivity contribution is 1.27. The molecular weight excluding hydrogens is 134 g/mol. The Bertz CT molecular complexity index is 310. The van der Waals surface area contributed by atoms with Crippen molar-refractivity contribution in [3.05, 3.63) is 47.7 Å². The van der Waals surface area contributed by atoms with E-state index in [1.807, 2.05) is 18.5 Å². The van der Waals surface area contributed by atoms with Gasteiger partial charge in [0.1, 0.15) is 0 Å². The second-order valence-electron chi connectivity index (χ2n) is 2.57. The molecule has 2 rings (SSSR count). The van der Waals surface area contributed by atoms with Crippen molar-refractivity contribution in [1.82, 2.24) is 0 Å². The van der Waals surface area contributed by atoms with E-state index in [-0.39, 0.29) is 0 Å². The summed E-state index contributed by atoms with van der Waals surface area (Å²) in [4.78, 5) is 4.11. The summed E-state index contributed by atoms with van der Waals surface area (Å²) in [7, 11) is 0. The fraction of sp³-hybridized carbons (Fsp3) is 0.100. The number of hydrogen-bond donors (Lipinski definition) is 0. The molecule has 0 radical (unpaired) electrons. The lowest BCUT2D eigenvalue weighted by atomic mass is 10.1. The van der Waals surface area contributed by atoms with Crippen LogP contribution >= 0.6 is 0 Å². The van der Waals surface area contributed by atoms with Crippen LogP contribution in [-0.4, -0.2) is 6.21 Å². The molecule has 0 aromatic heterocycles. The minimum absolute atomic E-state index is 0.996. The SMILES string of the molecule is C1=CN=Cc2ccccc2C1. The maximum atomic E-state index is 4.11. The number of fused-ring (bicyclic) bond motifs is 1. The van der Waals surface area contributed by atoms with Gasteiger partial charge in [-0.3, -0.25) is 4.99 Å². The molecule has 0 saturated heterocycles. The Hall–Kier alpha value is -1.37. The van der Waals surface area contributed by atoms with Crippen LogP contribution in [0.25, 0.3) is 0 Å². The number of rotatable bonds is 0. The van der Waals surface area contributed by atoms with Crippen LogP contribution in [0.3, 0.4) is 0 Å². The smallest absolute Gasteiger partial charge is 0.0343 e. The second kappa shape index (κ2) is 2.70. The van der Waals surface area contributed by atoms with Gasteiger partial charge in [-0.25, -0.2) is 0 Å². The van der Waals surface area contributed by atoms with E-state index >= 15 is 0 Å². The molecule has 1 aliphatic heterocycles. The Balaban J connectivity index is 2.52. The summed E-state index contributed by atoms with van der Waals surface area (Å²) < 4.78 is 0. The maximum absolute atomic E-state index is 4.11. The number of allylic oxidation sites excluding steroid dienone is 1. The molecule has 11 heavy (non-hydrogen) atoms. The van der Waals surface area contributed by atoms with Crippen molar-refractivity contribution in [1.29, 1.82) is 0 Å². The molecule has 0 bridgehead atoms. The van der Waals surface area contributed by atoms with Crippen molar-refractivity contribution in [3.8, 4) is 0 Å². The topological polar surface area (TPSA) is 12.4 Å². The van der Waals surface area contributed by atoms with Gasteiger partial charge in [0.15, 0.2) is 0 Å². The van der Waals surface area contributed by atoms with Crippen LogP contribution in [0.15, 0.2) is 41.5 Å². The van der Waals surface area contributed by atoms with Gasteiger partial charge in [-0.05, 0) is 17.5 Å². The zero-order valence-corrected chi connectivity index (χ0v) is 6.20. The van der Waals surface area contributed by atoms with Gasteiger partial charge in [0, 0.05) is 12.4 Å². The van der Waals surface area contributed by atoms with E-state index in [0.29, 0.717) is 0 Å². The summed E-state index contributed by atoms with van der Waals surface area (Å²) in [6.07, 6.45) is 6.82. The number of nitrogens with zero attached hydrogens (tertiary/aromatic N) is 1. The van der Waals surface area contributed by atoms with Crippen LogP contribution < -0.4 is 0 Å². The lowest BCUT2D eigenvalue weighted by Crippen LogP contribution is -1.87. The molecule has 0 aliphatic carbocycles. The van der Waals surface area contributed by atoms with Gasteiger partial charge in [-0.1, -0.05) is 30.3 Å². The zero-order valence-electron chi connectivity index (χ0n) is 6.20. The average molecular weight is 143 g/mol. The van der Waals surface area contributed by atoms with Gasteiger partial charge in [0.25, 0.3) is 0 Å². The molecule has 0 fully saturated rings. The van der Waals surface area contributed by atoms with Crippen LogP contribution in [-0.2, 0) is 6.42 Å². The van der Waals surface area contributed by atoms with E-state index in [1.165, 1.54) is 11.1 Å². The first kappa shape index (κ1) is 6.35. The first-order chi connectivity index (χ1) is 5.47. The quantitative estimate of drug-likeness (QED) is 0.527. The van der Waals surface area contributed by atoms with Gasteiger partial charge in [-0.15, -0.1) is 0 Å². The molecule has 0 atom stereocenters. The Morgan fingerprint density at radius 3 is 3.09 bits per heavy atom. The zero-order chi connectivity index (χ0) is 7.52. The highest BCUT2D eigenvalue weighted by Gasteiger charge is 1.97. The van der Waals surface area contributed by atoms with E-state index in [9.17, 15) is 0 Å². The fourth-order valence-electron chi connectivity index (χ4n) is 1.21. The molecule has 0 spiro atoms. The maximum Gasteiger partial charge on any atom is 0.0343 e. The summed E-state index contributed by atoms with van der Waals surface area (Å²) in [5, 5.41) is 0. The van der Waals surface area contributed by atoms with E-state index < -0.39 is 0 Å². The van der Waals surface area contributed by atoms with Crippen LogP contribution in [0.1, 0.15) is 11.1 Å². The predicted molar refractivity (Wildman–Crippen MR) is 46.9 cm³/mol. The normalized spacial score (nSPS) is 14.2. The Morgan fingerprint density at radius 2 is 2.09 bits per heavy atom. The highest BCUT2D eigenvalue weighted by atomic mass is 14.7. The molecular formula is C10H9N. The number of hydrogen-bond acceptors (Lipinski definition) is 1. The molecule has 1 heterocycles. The van der Waals surface area contributed by atoms with Gasteiger partial charge in [0.2, 0.25) is 0 Å². The molecule has 0 amide bonds. The molecule has 1 aliphatic rings. The van der Waals surface area contributed by atoms with Crippen molar-refractivity contribution in [3.63, 3.8) is 0 Å². The van der Waals surface area contributed by atoms with Crippen LogP contribution in [0.2, 0.25) is 0 Å². The van der Waals surface area contributed by atoms with Crippen LogP contribution in [0.5, 0.6) is 0 Å². The second-order valence-corrected chi connectivity index (χ2v) is 2.57. The summed E-state index contributed by atoms with van der Waals surface area (Å²) in [6, 6.07) is 8.32. The molecule has 1 nitrogen and oxygen atoms in total. The summed E-state index contributed by atoms with van der Waals surface area (Å²) in [5.74, 6) is 0. The largest absolute Gasteiger partial charge is 0.264 e. The van der Waals surface area contributed by atoms with Crippen molar-refractivity contribution in [2.45, 2.75) is 6.42 Å². The Kier molecular flexibility index (Phi) is 1.56. The standard InChI is InChI=1S/C10H9N/c1-2-5-10-8-11-7-3-6-9(10)4-1/h1-5,7-8H,6H2. The average Bonchev–Trinajstić information content (AvgIpc) is 2.28. The van der Waals surface area contributed by atoms with E-state index in [1.54, 1.807) is 0 Å². The predicted octanol–water partition coefficient (Wildman–Crippen LogP) is 2.18. The van der Waals surface area contributed by atoms with Gasteiger partial charge >= 0.3 is 0 Å². The third kappa shape index (κ3) is 1.22. The first-order valence-electron chi connectivity index (χ1n) is 3.73. The van der Waals surface area contributed by atoms with Crippen molar-refractivity contribution >= 4 is 6.21 Å². The Labute approximate surface area is 66.1 Å². The molecule has 1 heteroatoms. The molecule has 0 N–H and O–H groups in total. The summed E-state index contributed by atoms with van der Waals surface area (Å²) >= 11 is 0. The van der Waals surface area contributed by atoms with Crippen LogP contribution in [0.4, 0.5) is 0 Å². The van der Waals surface area contributed by atoms with E-state index in [4.69, 9.17) is 0 Å². The third-order valence-electron chi connectivity index (χ3n) is 1.80.